The topological polar surface area (TPSA) is 59.0 Å². The summed E-state index contributed by atoms with van der Waals surface area (Å²) in [5, 5.41) is 9.76. The Morgan fingerprint density at radius 2 is 2.33 bits per heavy atom. The lowest BCUT2D eigenvalue weighted by Gasteiger charge is -2.27. The van der Waals surface area contributed by atoms with Crippen molar-refractivity contribution in [2.24, 2.45) is 0 Å². The minimum absolute atomic E-state index is 0.306. The molecule has 1 aliphatic rings. The van der Waals surface area contributed by atoms with Crippen LogP contribution >= 0.6 is 0 Å². The van der Waals surface area contributed by atoms with E-state index in [1.54, 1.807) is 6.08 Å². The molecule has 0 bridgehead atoms. The lowest BCUT2D eigenvalue weighted by Crippen LogP contribution is -2.43. The van der Waals surface area contributed by atoms with Crippen molar-refractivity contribution in [2.45, 2.75) is 31.2 Å². The maximum Gasteiger partial charge on any atom is 0.411 e. The zero-order chi connectivity index (χ0) is 11.4. The van der Waals surface area contributed by atoms with Crippen molar-refractivity contribution in [1.29, 1.82) is 0 Å². The van der Waals surface area contributed by atoms with Crippen LogP contribution in [-0.4, -0.2) is 48.7 Å². The zero-order valence-corrected chi connectivity index (χ0v) is 9.05. The van der Waals surface area contributed by atoms with Crippen LogP contribution in [0.5, 0.6) is 0 Å². The van der Waals surface area contributed by atoms with Crippen LogP contribution in [0.15, 0.2) is 12.7 Å². The standard InChI is InChI=1S/C10H17NO4/c1-4-5-7-8(12)6-9(14-2)11(7)10(13)15-3/h4,7-9,12H,1,5-6H2,2-3H3. The van der Waals surface area contributed by atoms with Gasteiger partial charge in [0.25, 0.3) is 0 Å². The van der Waals surface area contributed by atoms with E-state index in [1.807, 2.05) is 0 Å². The Morgan fingerprint density at radius 1 is 1.67 bits per heavy atom. The van der Waals surface area contributed by atoms with Crippen LogP contribution in [0.25, 0.3) is 0 Å². The van der Waals surface area contributed by atoms with Crippen molar-refractivity contribution in [3.05, 3.63) is 12.7 Å². The number of nitrogens with zero attached hydrogens (tertiary/aromatic N) is 1. The minimum atomic E-state index is -0.591. The fourth-order valence-electron chi connectivity index (χ4n) is 1.89. The number of amides is 1. The maximum atomic E-state index is 11.5. The molecule has 0 aliphatic carbocycles. The third-order valence-corrected chi connectivity index (χ3v) is 2.62. The molecule has 0 spiro atoms. The van der Waals surface area contributed by atoms with Gasteiger partial charge in [-0.25, -0.2) is 4.79 Å². The van der Waals surface area contributed by atoms with Gasteiger partial charge in [0, 0.05) is 13.5 Å². The van der Waals surface area contributed by atoms with Crippen LogP contribution in [0.2, 0.25) is 0 Å². The van der Waals surface area contributed by atoms with Crippen molar-refractivity contribution >= 4 is 6.09 Å². The summed E-state index contributed by atoms with van der Waals surface area (Å²) in [6, 6.07) is -0.306. The predicted molar refractivity (Wildman–Crippen MR) is 54.3 cm³/mol. The molecular weight excluding hydrogens is 198 g/mol. The molecule has 1 N–H and O–H groups in total. The summed E-state index contributed by atoms with van der Waals surface area (Å²) in [7, 11) is 2.81. The highest BCUT2D eigenvalue weighted by molar-refractivity contribution is 5.68. The summed E-state index contributed by atoms with van der Waals surface area (Å²) < 4.78 is 9.78. The molecular formula is C10H17NO4. The number of carbonyl (C=O) groups excluding carboxylic acids is 1. The van der Waals surface area contributed by atoms with Crippen molar-refractivity contribution in [2.75, 3.05) is 14.2 Å². The summed E-state index contributed by atoms with van der Waals surface area (Å²) in [4.78, 5) is 12.9. The maximum absolute atomic E-state index is 11.5. The highest BCUT2D eigenvalue weighted by Crippen LogP contribution is 2.28. The third kappa shape index (κ3) is 2.30. The minimum Gasteiger partial charge on any atom is -0.453 e. The SMILES string of the molecule is C=CCC1C(O)CC(OC)N1C(=O)OC. The molecule has 3 atom stereocenters. The van der Waals surface area contributed by atoms with Gasteiger partial charge < -0.3 is 14.6 Å². The van der Waals surface area contributed by atoms with Crippen molar-refractivity contribution in [1.82, 2.24) is 4.90 Å². The monoisotopic (exact) mass is 215 g/mol. The van der Waals surface area contributed by atoms with Gasteiger partial charge in [-0.1, -0.05) is 6.08 Å². The first kappa shape index (κ1) is 12.0. The van der Waals surface area contributed by atoms with Crippen molar-refractivity contribution < 1.29 is 19.4 Å². The molecule has 1 aliphatic heterocycles. The number of carbonyl (C=O) groups is 1. The number of hydrogen-bond acceptors (Lipinski definition) is 4. The van der Waals surface area contributed by atoms with Crippen LogP contribution < -0.4 is 0 Å². The normalized spacial score (nSPS) is 30.3. The quantitative estimate of drug-likeness (QED) is 0.705. The van der Waals surface area contributed by atoms with E-state index in [2.05, 4.69) is 11.3 Å². The molecule has 5 heteroatoms. The van der Waals surface area contributed by atoms with Gasteiger partial charge in [0.2, 0.25) is 0 Å². The third-order valence-electron chi connectivity index (χ3n) is 2.62. The lowest BCUT2D eigenvalue weighted by molar-refractivity contribution is -0.0137. The summed E-state index contributed by atoms with van der Waals surface area (Å²) in [6.07, 6.45) is 1.11. The molecule has 3 unspecified atom stereocenters. The average Bonchev–Trinajstić information content (AvgIpc) is 2.55. The molecule has 1 saturated heterocycles. The Labute approximate surface area is 89.3 Å². The van der Waals surface area contributed by atoms with Crippen molar-refractivity contribution in [3.8, 4) is 0 Å². The number of methoxy groups -OCH3 is 2. The second-order valence-corrected chi connectivity index (χ2v) is 3.46. The van der Waals surface area contributed by atoms with E-state index >= 15 is 0 Å². The highest BCUT2D eigenvalue weighted by Gasteiger charge is 2.43. The first-order valence-corrected chi connectivity index (χ1v) is 4.83. The number of aliphatic hydroxyl groups is 1. The molecule has 0 saturated carbocycles. The molecule has 1 rings (SSSR count). The Balaban J connectivity index is 2.82. The summed E-state index contributed by atoms with van der Waals surface area (Å²) in [5.74, 6) is 0. The van der Waals surface area contributed by atoms with Gasteiger partial charge in [0.05, 0.1) is 19.3 Å². The molecule has 0 aromatic rings. The molecule has 5 nitrogen and oxygen atoms in total. The first-order valence-electron chi connectivity index (χ1n) is 4.83. The Bertz CT molecular complexity index is 244. The second kappa shape index (κ2) is 5.14. The average molecular weight is 215 g/mol. The van der Waals surface area contributed by atoms with Crippen LogP contribution in [0.1, 0.15) is 12.8 Å². The summed E-state index contributed by atoms with van der Waals surface area (Å²) in [6.45, 7) is 3.60. The Kier molecular flexibility index (Phi) is 4.11. The van der Waals surface area contributed by atoms with Gasteiger partial charge in [-0.05, 0) is 6.42 Å². The second-order valence-electron chi connectivity index (χ2n) is 3.46. The molecule has 1 amide bonds. The number of likely N-dealkylation sites (tertiary alicyclic amines) is 1. The Morgan fingerprint density at radius 3 is 2.80 bits per heavy atom. The number of ether oxygens (including phenoxy) is 2. The van der Waals surface area contributed by atoms with Gasteiger partial charge >= 0.3 is 6.09 Å². The largest absolute Gasteiger partial charge is 0.453 e. The van der Waals surface area contributed by atoms with Crippen molar-refractivity contribution in [3.63, 3.8) is 0 Å². The highest BCUT2D eigenvalue weighted by atomic mass is 16.6. The van der Waals surface area contributed by atoms with Gasteiger partial charge in [-0.3, -0.25) is 4.90 Å². The van der Waals surface area contributed by atoms with Crippen LogP contribution in [0.3, 0.4) is 0 Å². The number of hydrogen-bond donors (Lipinski definition) is 1. The number of rotatable bonds is 3. The molecule has 86 valence electrons. The molecule has 1 heterocycles. The molecule has 1 fully saturated rings. The van der Waals surface area contributed by atoms with Gasteiger partial charge in [-0.2, -0.15) is 0 Å². The van der Waals surface area contributed by atoms with E-state index < -0.39 is 18.4 Å². The molecule has 15 heavy (non-hydrogen) atoms. The van der Waals surface area contributed by atoms with Gasteiger partial charge in [-0.15, -0.1) is 6.58 Å². The lowest BCUT2D eigenvalue weighted by atomic mass is 10.1. The van der Waals surface area contributed by atoms with Gasteiger partial charge in [0.1, 0.15) is 6.23 Å². The van der Waals surface area contributed by atoms with E-state index in [4.69, 9.17) is 4.74 Å². The fourth-order valence-corrected chi connectivity index (χ4v) is 1.89. The predicted octanol–water partition coefficient (Wildman–Crippen LogP) is 0.737. The molecule has 0 radical (unpaired) electrons. The zero-order valence-electron chi connectivity index (χ0n) is 9.05. The van der Waals surface area contributed by atoms with E-state index in [0.29, 0.717) is 12.8 Å². The summed E-state index contributed by atoms with van der Waals surface area (Å²) >= 11 is 0. The fraction of sp³-hybridized carbons (Fsp3) is 0.700. The van der Waals surface area contributed by atoms with Gasteiger partial charge in [0.15, 0.2) is 0 Å². The van der Waals surface area contributed by atoms with Crippen LogP contribution in [0, 0.1) is 0 Å². The molecule has 0 aromatic carbocycles. The van der Waals surface area contributed by atoms with Crippen LogP contribution in [0.4, 0.5) is 4.79 Å². The van der Waals surface area contributed by atoms with E-state index in [1.165, 1.54) is 19.1 Å². The first-order chi connectivity index (χ1) is 7.15. The van der Waals surface area contributed by atoms with E-state index in [9.17, 15) is 9.90 Å². The Hall–Kier alpha value is -1.07. The number of aliphatic hydroxyl groups excluding tert-OH is 1. The summed E-state index contributed by atoms with van der Waals surface area (Å²) in [5.41, 5.74) is 0. The van der Waals surface area contributed by atoms with E-state index in [0.717, 1.165) is 0 Å². The smallest absolute Gasteiger partial charge is 0.411 e. The molecule has 0 aromatic heterocycles. The van der Waals surface area contributed by atoms with E-state index in [-0.39, 0.29) is 6.04 Å². The van der Waals surface area contributed by atoms with Crippen LogP contribution in [-0.2, 0) is 9.47 Å².